The molecule has 0 spiro atoms. The Bertz CT molecular complexity index is 629. The van der Waals surface area contributed by atoms with Crippen LogP contribution in [0.25, 0.3) is 10.9 Å². The molecule has 0 unspecified atom stereocenters. The number of rotatable bonds is 4. The molecular formula is C17H21BrN2. The van der Waals surface area contributed by atoms with Gasteiger partial charge in [-0.2, -0.15) is 0 Å². The molecular weight excluding hydrogens is 312 g/mol. The van der Waals surface area contributed by atoms with Gasteiger partial charge in [0.1, 0.15) is 0 Å². The van der Waals surface area contributed by atoms with Gasteiger partial charge in [0, 0.05) is 34.2 Å². The SMILES string of the molecule is C=CCn1cc(C[C@H]2CCCN2C)c2cc(Br)ccc21. The van der Waals surface area contributed by atoms with Crippen LogP contribution >= 0.6 is 15.9 Å². The lowest BCUT2D eigenvalue weighted by Crippen LogP contribution is -2.26. The van der Waals surface area contributed by atoms with Crippen molar-refractivity contribution in [3.05, 3.63) is 47.1 Å². The van der Waals surface area contributed by atoms with E-state index in [1.54, 1.807) is 0 Å². The van der Waals surface area contributed by atoms with Crippen LogP contribution < -0.4 is 0 Å². The van der Waals surface area contributed by atoms with E-state index in [0.717, 1.165) is 17.4 Å². The van der Waals surface area contributed by atoms with Crippen molar-refractivity contribution in [2.75, 3.05) is 13.6 Å². The molecule has 1 aromatic carbocycles. The number of likely N-dealkylation sites (tertiary alicyclic amines) is 1. The summed E-state index contributed by atoms with van der Waals surface area (Å²) in [7, 11) is 2.25. The molecule has 1 aromatic heterocycles. The van der Waals surface area contributed by atoms with E-state index in [4.69, 9.17) is 0 Å². The maximum atomic E-state index is 3.87. The minimum atomic E-state index is 0.691. The summed E-state index contributed by atoms with van der Waals surface area (Å²) >= 11 is 3.60. The summed E-state index contributed by atoms with van der Waals surface area (Å²) in [5, 5.41) is 1.38. The lowest BCUT2D eigenvalue weighted by Gasteiger charge is -2.18. The van der Waals surface area contributed by atoms with E-state index in [9.17, 15) is 0 Å². The third-order valence-corrected chi connectivity index (χ3v) is 4.87. The van der Waals surface area contributed by atoms with E-state index in [0.29, 0.717) is 6.04 Å². The Balaban J connectivity index is 2.00. The van der Waals surface area contributed by atoms with Crippen LogP contribution in [0.3, 0.4) is 0 Å². The fourth-order valence-electron chi connectivity index (χ4n) is 3.29. The third-order valence-electron chi connectivity index (χ3n) is 4.38. The second kappa shape index (κ2) is 5.74. The number of fused-ring (bicyclic) bond motifs is 1. The van der Waals surface area contributed by atoms with Gasteiger partial charge in [-0.1, -0.05) is 22.0 Å². The van der Waals surface area contributed by atoms with E-state index in [1.165, 1.54) is 35.9 Å². The highest BCUT2D eigenvalue weighted by Crippen LogP contribution is 2.28. The second-order valence-electron chi connectivity index (χ2n) is 5.74. The number of benzene rings is 1. The summed E-state index contributed by atoms with van der Waals surface area (Å²) in [5.41, 5.74) is 2.77. The van der Waals surface area contributed by atoms with E-state index in [1.807, 2.05) is 6.08 Å². The van der Waals surface area contributed by atoms with Crippen LogP contribution in [0.2, 0.25) is 0 Å². The third kappa shape index (κ3) is 2.57. The molecule has 1 fully saturated rings. The molecule has 0 amide bonds. The first kappa shape index (κ1) is 13.9. The highest BCUT2D eigenvalue weighted by atomic mass is 79.9. The largest absolute Gasteiger partial charge is 0.343 e. The van der Waals surface area contributed by atoms with E-state index in [-0.39, 0.29) is 0 Å². The number of allylic oxidation sites excluding steroid dienone is 1. The van der Waals surface area contributed by atoms with E-state index < -0.39 is 0 Å². The Labute approximate surface area is 129 Å². The van der Waals surface area contributed by atoms with Gasteiger partial charge >= 0.3 is 0 Å². The van der Waals surface area contributed by atoms with Crippen LogP contribution in [0.1, 0.15) is 18.4 Å². The predicted octanol–water partition coefficient (Wildman–Crippen LogP) is 4.23. The number of nitrogens with zero attached hydrogens (tertiary/aromatic N) is 2. The zero-order chi connectivity index (χ0) is 14.1. The van der Waals surface area contributed by atoms with Crippen LogP contribution in [0.5, 0.6) is 0 Å². The van der Waals surface area contributed by atoms with Gasteiger partial charge in [-0.25, -0.2) is 0 Å². The molecule has 3 rings (SSSR count). The Morgan fingerprint density at radius 3 is 3.00 bits per heavy atom. The fourth-order valence-corrected chi connectivity index (χ4v) is 3.65. The van der Waals surface area contributed by atoms with Gasteiger partial charge in [0.15, 0.2) is 0 Å². The second-order valence-corrected chi connectivity index (χ2v) is 6.65. The monoisotopic (exact) mass is 332 g/mol. The Kier molecular flexibility index (Phi) is 3.99. The van der Waals surface area contributed by atoms with Crippen LogP contribution in [-0.2, 0) is 13.0 Å². The molecule has 1 aliphatic heterocycles. The molecule has 2 heterocycles. The number of likely N-dealkylation sites (N-methyl/N-ethyl adjacent to an activating group) is 1. The first-order valence-electron chi connectivity index (χ1n) is 7.27. The molecule has 2 nitrogen and oxygen atoms in total. The summed E-state index contributed by atoms with van der Waals surface area (Å²) in [6, 6.07) is 7.26. The van der Waals surface area contributed by atoms with Gasteiger partial charge in [-0.15, -0.1) is 6.58 Å². The molecule has 1 saturated heterocycles. The summed E-state index contributed by atoms with van der Waals surface area (Å²) in [6.45, 7) is 5.98. The summed E-state index contributed by atoms with van der Waals surface area (Å²) in [5.74, 6) is 0. The topological polar surface area (TPSA) is 8.17 Å². The molecule has 0 saturated carbocycles. The summed E-state index contributed by atoms with van der Waals surface area (Å²) in [6.07, 6.45) is 8.07. The molecule has 1 atom stereocenters. The van der Waals surface area contributed by atoms with Gasteiger partial charge in [0.25, 0.3) is 0 Å². The number of hydrogen-bond acceptors (Lipinski definition) is 1. The molecule has 0 aliphatic carbocycles. The first-order valence-corrected chi connectivity index (χ1v) is 8.06. The van der Waals surface area contributed by atoms with E-state index >= 15 is 0 Å². The summed E-state index contributed by atoms with van der Waals surface area (Å²) in [4.78, 5) is 2.49. The van der Waals surface area contributed by atoms with Crippen molar-refractivity contribution < 1.29 is 0 Å². The van der Waals surface area contributed by atoms with Crippen molar-refractivity contribution in [3.8, 4) is 0 Å². The Morgan fingerprint density at radius 1 is 1.45 bits per heavy atom. The fraction of sp³-hybridized carbons (Fsp3) is 0.412. The van der Waals surface area contributed by atoms with Crippen molar-refractivity contribution in [1.29, 1.82) is 0 Å². The molecule has 2 aromatic rings. The van der Waals surface area contributed by atoms with Crippen LogP contribution in [-0.4, -0.2) is 29.1 Å². The molecule has 0 radical (unpaired) electrons. The maximum absolute atomic E-state index is 3.87. The van der Waals surface area contributed by atoms with Crippen LogP contribution in [0.4, 0.5) is 0 Å². The van der Waals surface area contributed by atoms with Gasteiger partial charge < -0.3 is 9.47 Å². The van der Waals surface area contributed by atoms with Crippen molar-refractivity contribution in [2.24, 2.45) is 0 Å². The number of hydrogen-bond donors (Lipinski definition) is 0. The molecule has 0 N–H and O–H groups in total. The lowest BCUT2D eigenvalue weighted by molar-refractivity contribution is 0.309. The van der Waals surface area contributed by atoms with Crippen LogP contribution in [0, 0.1) is 0 Å². The van der Waals surface area contributed by atoms with E-state index in [2.05, 4.69) is 63.4 Å². The van der Waals surface area contributed by atoms with Crippen molar-refractivity contribution in [2.45, 2.75) is 31.8 Å². The number of halogens is 1. The number of aromatic nitrogens is 1. The smallest absolute Gasteiger partial charge is 0.0486 e. The molecule has 0 bridgehead atoms. The predicted molar refractivity (Wildman–Crippen MR) is 89.2 cm³/mol. The van der Waals surface area contributed by atoms with Gasteiger partial charge in [-0.3, -0.25) is 0 Å². The Hall–Kier alpha value is -1.06. The molecule has 1 aliphatic rings. The maximum Gasteiger partial charge on any atom is 0.0486 e. The first-order chi connectivity index (χ1) is 9.69. The molecule has 3 heteroatoms. The molecule has 20 heavy (non-hydrogen) atoms. The van der Waals surface area contributed by atoms with Gasteiger partial charge in [0.2, 0.25) is 0 Å². The van der Waals surface area contributed by atoms with Gasteiger partial charge in [0.05, 0.1) is 0 Å². The van der Waals surface area contributed by atoms with Crippen LogP contribution in [0.15, 0.2) is 41.5 Å². The summed E-state index contributed by atoms with van der Waals surface area (Å²) < 4.78 is 3.46. The minimum absolute atomic E-state index is 0.691. The average Bonchev–Trinajstić information content (AvgIpc) is 2.96. The quantitative estimate of drug-likeness (QED) is 0.761. The zero-order valence-electron chi connectivity index (χ0n) is 12.0. The highest BCUT2D eigenvalue weighted by Gasteiger charge is 2.22. The average molecular weight is 333 g/mol. The molecule has 106 valence electrons. The highest BCUT2D eigenvalue weighted by molar-refractivity contribution is 9.10. The van der Waals surface area contributed by atoms with Crippen molar-refractivity contribution >= 4 is 26.8 Å². The minimum Gasteiger partial charge on any atom is -0.343 e. The Morgan fingerprint density at radius 2 is 2.30 bits per heavy atom. The van der Waals surface area contributed by atoms with Crippen molar-refractivity contribution in [1.82, 2.24) is 9.47 Å². The van der Waals surface area contributed by atoms with Crippen molar-refractivity contribution in [3.63, 3.8) is 0 Å². The van der Waals surface area contributed by atoms with Gasteiger partial charge in [-0.05, 0) is 56.6 Å². The standard InChI is InChI=1S/C17H21BrN2/c1-3-8-20-12-13(10-15-5-4-9-19(15)2)16-11-14(18)6-7-17(16)20/h3,6-7,11-12,15H,1,4-5,8-10H2,2H3/t15-/m1/s1. The zero-order valence-corrected chi connectivity index (χ0v) is 13.6. The normalized spacial score (nSPS) is 19.8. The lowest BCUT2D eigenvalue weighted by atomic mass is 10.0.